The Hall–Kier alpha value is 0.350. The van der Waals surface area contributed by atoms with Crippen LogP contribution in [0.4, 0.5) is 0 Å². The van der Waals surface area contributed by atoms with Gasteiger partial charge in [0.25, 0.3) is 0 Å². The first-order chi connectivity index (χ1) is 12.9. The molecule has 8 atom stereocenters. The van der Waals surface area contributed by atoms with E-state index < -0.39 is 11.9 Å². The van der Waals surface area contributed by atoms with Crippen LogP contribution in [0, 0.1) is 22.7 Å². The average molecular weight is 522 g/mol. The molecule has 28 heavy (non-hydrogen) atoms. The third-order valence-electron chi connectivity index (χ3n) is 8.45. The smallest absolute Gasteiger partial charge is 0.303 e. The normalized spacial score (nSPS) is 52.3. The predicted octanol–water partition coefficient (Wildman–Crippen LogP) is 5.33. The lowest BCUT2D eigenvalue weighted by atomic mass is 9.59. The molecular weight excluding hydrogens is 488 g/mol. The number of hydrogen-bond acceptors (Lipinski definition) is 4. The van der Waals surface area contributed by atoms with Crippen molar-refractivity contribution >= 4 is 37.8 Å². The van der Waals surface area contributed by atoms with Gasteiger partial charge >= 0.3 is 5.97 Å². The van der Waals surface area contributed by atoms with E-state index in [0.29, 0.717) is 21.5 Å². The SMILES string of the molecule is CC(=O)O[C@@]1(C[C@H]2CC[C@]34[C@H](Br)CC[C@](C)(O[C@H]3O)[C@H]24)CC[C@@H](Br)C(C)(C)C1. The fraction of sp³-hybridized carbons (Fsp3) is 0.955. The number of esters is 1. The lowest BCUT2D eigenvalue weighted by Gasteiger charge is -2.50. The standard InChI is InChI=1S/C22H34Br2O4/c1-13(25)27-21(9-7-15(23)19(2,3)12-21)11-14-5-10-22-16(24)6-8-20(4,17(14)22)28-18(22)26/h14-18,26H,5-12H2,1-4H3/t14-,15-,16-,17+,18-,20+,21-,22-/m1/s1. The zero-order chi connectivity index (χ0) is 20.5. The maximum absolute atomic E-state index is 12.1. The van der Waals surface area contributed by atoms with Crippen LogP contribution in [0.2, 0.25) is 0 Å². The number of aliphatic hydroxyl groups excluding tert-OH is 1. The fourth-order valence-electron chi connectivity index (χ4n) is 7.50. The van der Waals surface area contributed by atoms with Crippen LogP contribution in [-0.2, 0) is 14.3 Å². The Balaban J connectivity index is 1.64. The van der Waals surface area contributed by atoms with Crippen molar-refractivity contribution in [2.75, 3.05) is 0 Å². The minimum Gasteiger partial charge on any atom is -0.459 e. The summed E-state index contributed by atoms with van der Waals surface area (Å²) in [5, 5.41) is 10.9. The van der Waals surface area contributed by atoms with E-state index >= 15 is 0 Å². The van der Waals surface area contributed by atoms with Crippen molar-refractivity contribution in [3.05, 3.63) is 0 Å². The van der Waals surface area contributed by atoms with Crippen LogP contribution in [-0.4, -0.2) is 38.2 Å². The number of aliphatic hydroxyl groups is 1. The predicted molar refractivity (Wildman–Crippen MR) is 116 cm³/mol. The van der Waals surface area contributed by atoms with Gasteiger partial charge in [0.2, 0.25) is 0 Å². The van der Waals surface area contributed by atoms with Crippen LogP contribution in [0.15, 0.2) is 0 Å². The molecule has 0 unspecified atom stereocenters. The highest BCUT2D eigenvalue weighted by atomic mass is 79.9. The molecule has 4 nitrogen and oxygen atoms in total. The van der Waals surface area contributed by atoms with Crippen LogP contribution in [0.5, 0.6) is 0 Å². The van der Waals surface area contributed by atoms with Crippen LogP contribution in [0.25, 0.3) is 0 Å². The van der Waals surface area contributed by atoms with Gasteiger partial charge in [0, 0.05) is 27.9 Å². The first kappa shape index (κ1) is 21.6. The summed E-state index contributed by atoms with van der Waals surface area (Å²) in [6.07, 6.45) is 7.05. The molecule has 3 saturated carbocycles. The molecule has 0 radical (unpaired) electrons. The number of rotatable bonds is 3. The maximum Gasteiger partial charge on any atom is 0.303 e. The molecular formula is C22H34Br2O4. The lowest BCUT2D eigenvalue weighted by Crippen LogP contribution is -2.52. The number of ether oxygens (including phenoxy) is 2. The molecule has 2 bridgehead atoms. The van der Waals surface area contributed by atoms with Gasteiger partial charge in [-0.05, 0) is 69.6 Å². The Morgan fingerprint density at radius 1 is 1.11 bits per heavy atom. The zero-order valence-corrected chi connectivity index (χ0v) is 20.6. The Bertz CT molecular complexity index is 654. The van der Waals surface area contributed by atoms with Gasteiger partial charge in [-0.3, -0.25) is 4.79 Å². The Morgan fingerprint density at radius 2 is 1.79 bits per heavy atom. The molecule has 0 amide bonds. The van der Waals surface area contributed by atoms with Crippen molar-refractivity contribution in [3.8, 4) is 0 Å². The summed E-state index contributed by atoms with van der Waals surface area (Å²) in [5.74, 6) is 0.541. The Kier molecular flexibility index (Phi) is 5.34. The molecule has 1 aliphatic heterocycles. The lowest BCUT2D eigenvalue weighted by molar-refractivity contribution is -0.170. The molecule has 4 rings (SSSR count). The largest absolute Gasteiger partial charge is 0.459 e. The molecule has 1 saturated heterocycles. The molecule has 3 aliphatic carbocycles. The van der Waals surface area contributed by atoms with Gasteiger partial charge < -0.3 is 14.6 Å². The van der Waals surface area contributed by atoms with Gasteiger partial charge in [-0.25, -0.2) is 0 Å². The summed E-state index contributed by atoms with van der Waals surface area (Å²) in [4.78, 5) is 12.8. The number of carbonyl (C=O) groups excluding carboxylic acids is 1. The first-order valence-electron chi connectivity index (χ1n) is 10.8. The third kappa shape index (κ3) is 3.15. The topological polar surface area (TPSA) is 55.8 Å². The molecule has 1 N–H and O–H groups in total. The summed E-state index contributed by atoms with van der Waals surface area (Å²) in [5.41, 5.74) is -0.801. The van der Waals surface area contributed by atoms with E-state index in [1.54, 1.807) is 0 Å². The van der Waals surface area contributed by atoms with E-state index in [2.05, 4.69) is 52.6 Å². The second-order valence-corrected chi connectivity index (χ2v) is 13.0. The summed E-state index contributed by atoms with van der Waals surface area (Å²) in [6, 6.07) is 0. The van der Waals surface area contributed by atoms with Crippen LogP contribution in [0.3, 0.4) is 0 Å². The maximum atomic E-state index is 12.1. The molecule has 0 aromatic rings. The molecule has 0 spiro atoms. The van der Waals surface area contributed by atoms with Crippen molar-refractivity contribution in [1.29, 1.82) is 0 Å². The van der Waals surface area contributed by atoms with Gasteiger partial charge in [-0.1, -0.05) is 45.7 Å². The monoisotopic (exact) mass is 520 g/mol. The highest BCUT2D eigenvalue weighted by Crippen LogP contribution is 2.69. The van der Waals surface area contributed by atoms with Crippen molar-refractivity contribution in [3.63, 3.8) is 0 Å². The first-order valence-corrected chi connectivity index (χ1v) is 12.6. The average Bonchev–Trinajstić information content (AvgIpc) is 3.03. The zero-order valence-electron chi connectivity index (χ0n) is 17.5. The fourth-order valence-corrected chi connectivity index (χ4v) is 8.86. The van der Waals surface area contributed by atoms with Gasteiger partial charge in [0.15, 0.2) is 6.29 Å². The summed E-state index contributed by atoms with van der Waals surface area (Å²) in [6.45, 7) is 8.27. The van der Waals surface area contributed by atoms with Crippen molar-refractivity contribution in [2.24, 2.45) is 22.7 Å². The third-order valence-corrected chi connectivity index (χ3v) is 11.5. The molecule has 0 aromatic heterocycles. The minimum absolute atomic E-state index is 0.0768. The number of alkyl halides is 2. The number of halogens is 2. The molecule has 4 aliphatic rings. The Morgan fingerprint density at radius 3 is 2.43 bits per heavy atom. The quantitative estimate of drug-likeness (QED) is 0.403. The summed E-state index contributed by atoms with van der Waals surface area (Å²) >= 11 is 7.75. The van der Waals surface area contributed by atoms with E-state index in [1.807, 2.05) is 0 Å². The van der Waals surface area contributed by atoms with Crippen molar-refractivity contribution in [2.45, 2.75) is 106 Å². The van der Waals surface area contributed by atoms with Crippen LogP contribution < -0.4 is 0 Å². The molecule has 4 fully saturated rings. The van der Waals surface area contributed by atoms with E-state index in [1.165, 1.54) is 6.92 Å². The number of carbonyl (C=O) groups is 1. The highest BCUT2D eigenvalue weighted by Gasteiger charge is 2.71. The Labute approximate surface area is 185 Å². The second-order valence-electron chi connectivity index (χ2n) is 10.8. The molecule has 0 aromatic carbocycles. The molecule has 1 heterocycles. The minimum atomic E-state index is -0.696. The van der Waals surface area contributed by atoms with Crippen molar-refractivity contribution < 1.29 is 19.4 Å². The number of hydrogen-bond donors (Lipinski definition) is 1. The summed E-state index contributed by atoms with van der Waals surface area (Å²) < 4.78 is 12.3. The molecule has 6 heteroatoms. The van der Waals surface area contributed by atoms with Gasteiger partial charge in [0.05, 0.1) is 5.60 Å². The van der Waals surface area contributed by atoms with E-state index in [9.17, 15) is 9.90 Å². The van der Waals surface area contributed by atoms with Crippen molar-refractivity contribution in [1.82, 2.24) is 0 Å². The highest BCUT2D eigenvalue weighted by molar-refractivity contribution is 9.09. The van der Waals surface area contributed by atoms with Gasteiger partial charge in [-0.2, -0.15) is 0 Å². The van der Waals surface area contributed by atoms with Crippen LogP contribution in [0.1, 0.15) is 79.1 Å². The molecule has 160 valence electrons. The van der Waals surface area contributed by atoms with Crippen LogP contribution >= 0.6 is 31.9 Å². The van der Waals surface area contributed by atoms with E-state index in [4.69, 9.17) is 9.47 Å². The van der Waals surface area contributed by atoms with Gasteiger partial charge in [-0.15, -0.1) is 0 Å². The van der Waals surface area contributed by atoms with E-state index in [0.717, 1.165) is 51.4 Å². The summed E-state index contributed by atoms with van der Waals surface area (Å²) in [7, 11) is 0. The van der Waals surface area contributed by atoms with Gasteiger partial charge in [0.1, 0.15) is 5.60 Å². The second kappa shape index (κ2) is 6.93. The van der Waals surface area contributed by atoms with E-state index in [-0.39, 0.29) is 22.4 Å².